The molecule has 1 saturated carbocycles. The molecule has 2 N–H and O–H groups in total. The van der Waals surface area contributed by atoms with Gasteiger partial charge in [0.1, 0.15) is 0 Å². The average Bonchev–Trinajstić information content (AvgIpc) is 3.16. The van der Waals surface area contributed by atoms with Crippen molar-refractivity contribution in [3.8, 4) is 0 Å². The monoisotopic (exact) mass is 259 g/mol. The van der Waals surface area contributed by atoms with Gasteiger partial charge in [0.15, 0.2) is 0 Å². The van der Waals surface area contributed by atoms with Gasteiger partial charge < -0.3 is 10.4 Å². The first-order chi connectivity index (χ1) is 9.15. The minimum atomic E-state index is -0.0625. The lowest BCUT2D eigenvalue weighted by molar-refractivity contribution is -0.116. The van der Waals surface area contributed by atoms with Gasteiger partial charge in [-0.3, -0.25) is 4.79 Å². The number of aliphatic hydroxyl groups excluding tert-OH is 1. The van der Waals surface area contributed by atoms with Crippen molar-refractivity contribution in [3.05, 3.63) is 41.5 Å². The molecule has 1 amide bonds. The van der Waals surface area contributed by atoms with E-state index in [0.717, 1.165) is 30.4 Å². The van der Waals surface area contributed by atoms with Crippen LogP contribution in [0.3, 0.4) is 0 Å². The van der Waals surface area contributed by atoms with Gasteiger partial charge in [0.2, 0.25) is 5.91 Å². The van der Waals surface area contributed by atoms with Gasteiger partial charge in [0.25, 0.3) is 0 Å². The number of aliphatic hydroxyl groups is 1. The SMILES string of the molecule is Cc1ccccc1/C=C/C(=O)NCC1(CCO)CC1. The van der Waals surface area contributed by atoms with Gasteiger partial charge in [0, 0.05) is 19.2 Å². The van der Waals surface area contributed by atoms with Gasteiger partial charge in [-0.05, 0) is 48.8 Å². The highest BCUT2D eigenvalue weighted by Gasteiger charge is 2.41. The number of benzene rings is 1. The van der Waals surface area contributed by atoms with Crippen molar-refractivity contribution in [2.75, 3.05) is 13.2 Å². The maximum Gasteiger partial charge on any atom is 0.244 e. The fourth-order valence-electron chi connectivity index (χ4n) is 2.20. The van der Waals surface area contributed by atoms with Crippen molar-refractivity contribution in [2.24, 2.45) is 5.41 Å². The Kier molecular flexibility index (Phi) is 4.38. The predicted octanol–water partition coefficient (Wildman–Crippen LogP) is 2.29. The van der Waals surface area contributed by atoms with Crippen molar-refractivity contribution in [2.45, 2.75) is 26.2 Å². The van der Waals surface area contributed by atoms with E-state index in [9.17, 15) is 4.79 Å². The third-order valence-corrected chi connectivity index (χ3v) is 3.84. The van der Waals surface area contributed by atoms with Gasteiger partial charge in [0.05, 0.1) is 0 Å². The molecule has 1 aliphatic carbocycles. The Labute approximate surface area is 114 Å². The van der Waals surface area contributed by atoms with Crippen molar-refractivity contribution in [1.29, 1.82) is 0 Å². The first-order valence-corrected chi connectivity index (χ1v) is 6.78. The Bertz CT molecular complexity index is 475. The molecule has 0 aromatic heterocycles. The zero-order valence-electron chi connectivity index (χ0n) is 11.4. The summed E-state index contributed by atoms with van der Waals surface area (Å²) in [6.45, 7) is 2.90. The standard InChI is InChI=1S/C16H21NO2/c1-13-4-2-3-5-14(13)6-7-15(19)17-12-16(8-9-16)10-11-18/h2-7,18H,8-12H2,1H3,(H,17,19)/b7-6+. The molecule has 1 aromatic rings. The van der Waals surface area contributed by atoms with E-state index in [1.54, 1.807) is 6.08 Å². The number of hydrogen-bond donors (Lipinski definition) is 2. The lowest BCUT2D eigenvalue weighted by atomic mass is 10.0. The molecule has 0 bridgehead atoms. The van der Waals surface area contributed by atoms with Crippen LogP contribution in [0.4, 0.5) is 0 Å². The Morgan fingerprint density at radius 1 is 1.42 bits per heavy atom. The van der Waals surface area contributed by atoms with Crippen molar-refractivity contribution in [1.82, 2.24) is 5.32 Å². The maximum atomic E-state index is 11.7. The van der Waals surface area contributed by atoms with Crippen LogP contribution in [0, 0.1) is 12.3 Å². The first-order valence-electron chi connectivity index (χ1n) is 6.78. The molecule has 19 heavy (non-hydrogen) atoms. The third-order valence-electron chi connectivity index (χ3n) is 3.84. The highest BCUT2D eigenvalue weighted by atomic mass is 16.3. The third kappa shape index (κ3) is 3.93. The lowest BCUT2D eigenvalue weighted by Crippen LogP contribution is -2.29. The number of carbonyl (C=O) groups is 1. The number of rotatable bonds is 6. The minimum Gasteiger partial charge on any atom is -0.396 e. The molecule has 1 aliphatic rings. The van der Waals surface area contributed by atoms with Crippen LogP contribution in [-0.2, 0) is 4.79 Å². The number of hydrogen-bond acceptors (Lipinski definition) is 2. The summed E-state index contributed by atoms with van der Waals surface area (Å²) in [7, 11) is 0. The van der Waals surface area contributed by atoms with E-state index in [2.05, 4.69) is 5.32 Å². The summed E-state index contributed by atoms with van der Waals surface area (Å²) in [4.78, 5) is 11.7. The van der Waals surface area contributed by atoms with Crippen LogP contribution in [0.2, 0.25) is 0 Å². The molecule has 0 saturated heterocycles. The molecule has 102 valence electrons. The fraction of sp³-hybridized carbons (Fsp3) is 0.438. The van der Waals surface area contributed by atoms with Gasteiger partial charge >= 0.3 is 0 Å². The zero-order chi connectivity index (χ0) is 13.7. The number of carbonyl (C=O) groups excluding carboxylic acids is 1. The summed E-state index contributed by atoms with van der Waals surface area (Å²) < 4.78 is 0. The predicted molar refractivity (Wildman–Crippen MR) is 76.6 cm³/mol. The first kappa shape index (κ1) is 13.8. The van der Waals surface area contributed by atoms with E-state index >= 15 is 0 Å². The molecule has 3 heteroatoms. The number of amides is 1. The molecule has 3 nitrogen and oxygen atoms in total. The molecule has 0 spiro atoms. The van der Waals surface area contributed by atoms with Crippen LogP contribution in [0.25, 0.3) is 6.08 Å². The molecule has 0 radical (unpaired) electrons. The molecular formula is C16H21NO2. The zero-order valence-corrected chi connectivity index (χ0v) is 11.4. The maximum absolute atomic E-state index is 11.7. The number of aryl methyl sites for hydroxylation is 1. The summed E-state index contributed by atoms with van der Waals surface area (Å²) in [5.41, 5.74) is 2.39. The van der Waals surface area contributed by atoms with Gasteiger partial charge in [-0.15, -0.1) is 0 Å². The van der Waals surface area contributed by atoms with E-state index in [4.69, 9.17) is 5.11 Å². The normalized spacial score (nSPS) is 16.5. The van der Waals surface area contributed by atoms with E-state index in [0.29, 0.717) is 6.54 Å². The molecule has 0 heterocycles. The molecule has 2 rings (SSSR count). The summed E-state index contributed by atoms with van der Waals surface area (Å²) in [6, 6.07) is 7.97. The molecule has 0 atom stereocenters. The smallest absolute Gasteiger partial charge is 0.244 e. The van der Waals surface area contributed by atoms with E-state index in [-0.39, 0.29) is 17.9 Å². The molecule has 1 aromatic carbocycles. The Morgan fingerprint density at radius 3 is 2.79 bits per heavy atom. The highest BCUT2D eigenvalue weighted by Crippen LogP contribution is 2.47. The summed E-state index contributed by atoms with van der Waals surface area (Å²) in [5.74, 6) is -0.0625. The summed E-state index contributed by atoms with van der Waals surface area (Å²) in [6.07, 6.45) is 6.42. The topological polar surface area (TPSA) is 49.3 Å². The second-order valence-electron chi connectivity index (χ2n) is 5.38. The fourth-order valence-corrected chi connectivity index (χ4v) is 2.20. The van der Waals surface area contributed by atoms with Gasteiger partial charge in [-0.1, -0.05) is 24.3 Å². The van der Waals surface area contributed by atoms with Crippen LogP contribution in [-0.4, -0.2) is 24.2 Å². The van der Waals surface area contributed by atoms with Gasteiger partial charge in [-0.2, -0.15) is 0 Å². The molecular weight excluding hydrogens is 238 g/mol. The molecule has 0 unspecified atom stereocenters. The summed E-state index contributed by atoms with van der Waals surface area (Å²) in [5, 5.41) is 11.9. The van der Waals surface area contributed by atoms with E-state index < -0.39 is 0 Å². The molecule has 1 fully saturated rings. The Balaban J connectivity index is 1.83. The van der Waals surface area contributed by atoms with E-state index in [1.165, 1.54) is 0 Å². The second kappa shape index (κ2) is 6.02. The van der Waals surface area contributed by atoms with Crippen LogP contribution in [0.5, 0.6) is 0 Å². The van der Waals surface area contributed by atoms with Crippen molar-refractivity contribution >= 4 is 12.0 Å². The Morgan fingerprint density at radius 2 is 2.16 bits per heavy atom. The van der Waals surface area contributed by atoms with Crippen LogP contribution in [0.1, 0.15) is 30.4 Å². The highest BCUT2D eigenvalue weighted by molar-refractivity contribution is 5.91. The van der Waals surface area contributed by atoms with Crippen LogP contribution < -0.4 is 5.32 Å². The molecule has 0 aliphatic heterocycles. The van der Waals surface area contributed by atoms with Crippen molar-refractivity contribution in [3.63, 3.8) is 0 Å². The van der Waals surface area contributed by atoms with E-state index in [1.807, 2.05) is 37.3 Å². The largest absolute Gasteiger partial charge is 0.396 e. The second-order valence-corrected chi connectivity index (χ2v) is 5.38. The lowest BCUT2D eigenvalue weighted by Gasteiger charge is -2.13. The Hall–Kier alpha value is -1.61. The summed E-state index contributed by atoms with van der Waals surface area (Å²) >= 11 is 0. The average molecular weight is 259 g/mol. The van der Waals surface area contributed by atoms with Crippen molar-refractivity contribution < 1.29 is 9.90 Å². The van der Waals surface area contributed by atoms with Crippen LogP contribution >= 0.6 is 0 Å². The quantitative estimate of drug-likeness (QED) is 0.770. The van der Waals surface area contributed by atoms with Crippen LogP contribution in [0.15, 0.2) is 30.3 Å². The number of nitrogens with one attached hydrogen (secondary N) is 1. The van der Waals surface area contributed by atoms with Gasteiger partial charge in [-0.25, -0.2) is 0 Å². The minimum absolute atomic E-state index is 0.0625.